The molecule has 1 aliphatic rings. The summed E-state index contributed by atoms with van der Waals surface area (Å²) in [5.41, 5.74) is 6.55. The minimum atomic E-state index is 0.0270. The lowest BCUT2D eigenvalue weighted by Gasteiger charge is -2.27. The largest absolute Gasteiger partial charge is 0.507 e. The van der Waals surface area contributed by atoms with Crippen molar-refractivity contribution in [2.75, 3.05) is 6.26 Å². The SMILES string of the molecule is CSc1ccc(/C=C/C2NNC(=O)CC2C)cc1O. The van der Waals surface area contributed by atoms with Crippen LogP contribution in [-0.4, -0.2) is 23.3 Å². The summed E-state index contributed by atoms with van der Waals surface area (Å²) in [7, 11) is 0. The molecule has 4 nitrogen and oxygen atoms in total. The molecule has 1 amide bonds. The maximum absolute atomic E-state index is 11.2. The van der Waals surface area contributed by atoms with E-state index in [1.165, 1.54) is 11.8 Å². The number of hydrogen-bond acceptors (Lipinski definition) is 4. The Balaban J connectivity index is 2.06. The van der Waals surface area contributed by atoms with E-state index in [9.17, 15) is 9.90 Å². The first-order chi connectivity index (χ1) is 9.10. The molecular weight excluding hydrogens is 260 g/mol. The third-order valence-electron chi connectivity index (χ3n) is 3.20. The van der Waals surface area contributed by atoms with E-state index in [2.05, 4.69) is 10.9 Å². The lowest BCUT2D eigenvalue weighted by Crippen LogP contribution is -2.52. The molecule has 1 aliphatic heterocycles. The van der Waals surface area contributed by atoms with Gasteiger partial charge in [0.15, 0.2) is 0 Å². The Kier molecular flexibility index (Phi) is 4.50. The Morgan fingerprint density at radius 1 is 1.47 bits per heavy atom. The number of aromatic hydroxyl groups is 1. The molecule has 19 heavy (non-hydrogen) atoms. The van der Waals surface area contributed by atoms with Gasteiger partial charge in [0.05, 0.1) is 0 Å². The fraction of sp³-hybridized carbons (Fsp3) is 0.357. The molecular formula is C14H18N2O2S. The first kappa shape index (κ1) is 14.0. The van der Waals surface area contributed by atoms with Crippen molar-refractivity contribution in [3.63, 3.8) is 0 Å². The van der Waals surface area contributed by atoms with Gasteiger partial charge in [-0.15, -0.1) is 11.8 Å². The Morgan fingerprint density at radius 2 is 2.26 bits per heavy atom. The molecule has 0 aliphatic carbocycles. The number of hydrazine groups is 1. The number of carbonyl (C=O) groups is 1. The van der Waals surface area contributed by atoms with Crippen molar-refractivity contribution in [1.29, 1.82) is 0 Å². The molecule has 2 atom stereocenters. The molecule has 0 spiro atoms. The second kappa shape index (κ2) is 6.12. The second-order valence-corrected chi connectivity index (χ2v) is 5.54. The zero-order valence-corrected chi connectivity index (χ0v) is 11.8. The van der Waals surface area contributed by atoms with Crippen LogP contribution in [0.4, 0.5) is 0 Å². The van der Waals surface area contributed by atoms with E-state index in [1.54, 1.807) is 6.07 Å². The van der Waals surface area contributed by atoms with Crippen LogP contribution in [0.3, 0.4) is 0 Å². The van der Waals surface area contributed by atoms with Gasteiger partial charge in [0.25, 0.3) is 0 Å². The maximum Gasteiger partial charge on any atom is 0.234 e. The standard InChI is InChI=1S/C14H18N2O2S/c1-9-7-14(18)16-15-11(9)5-3-10-4-6-13(19-2)12(17)8-10/h3-6,8-9,11,15,17H,7H2,1-2H3,(H,16,18)/b5-3+. The summed E-state index contributed by atoms with van der Waals surface area (Å²) >= 11 is 1.52. The fourth-order valence-corrected chi connectivity index (χ4v) is 2.51. The summed E-state index contributed by atoms with van der Waals surface area (Å²) in [6.07, 6.45) is 6.42. The molecule has 2 unspecified atom stereocenters. The molecule has 102 valence electrons. The van der Waals surface area contributed by atoms with Crippen molar-refractivity contribution >= 4 is 23.7 Å². The predicted octanol–water partition coefficient (Wildman–Crippen LogP) is 2.16. The molecule has 1 heterocycles. The van der Waals surface area contributed by atoms with Gasteiger partial charge in [-0.2, -0.15) is 0 Å². The molecule has 1 aromatic rings. The number of carbonyl (C=O) groups excluding carboxylic acids is 1. The number of hydrogen-bond donors (Lipinski definition) is 3. The van der Waals surface area contributed by atoms with Crippen molar-refractivity contribution in [1.82, 2.24) is 10.9 Å². The number of nitrogens with one attached hydrogen (secondary N) is 2. The van der Waals surface area contributed by atoms with Gasteiger partial charge in [-0.25, -0.2) is 5.43 Å². The van der Waals surface area contributed by atoms with E-state index in [0.717, 1.165) is 10.5 Å². The Bertz CT molecular complexity index is 502. The summed E-state index contributed by atoms with van der Waals surface area (Å²) in [5.74, 6) is 0.579. The molecule has 0 saturated carbocycles. The molecule has 1 fully saturated rings. The summed E-state index contributed by atoms with van der Waals surface area (Å²) in [4.78, 5) is 12.0. The van der Waals surface area contributed by atoms with E-state index in [4.69, 9.17) is 0 Å². The first-order valence-electron chi connectivity index (χ1n) is 6.19. The van der Waals surface area contributed by atoms with Gasteiger partial charge in [0.1, 0.15) is 5.75 Å². The zero-order chi connectivity index (χ0) is 13.8. The molecule has 0 bridgehead atoms. The number of phenols is 1. The van der Waals surface area contributed by atoms with Gasteiger partial charge in [-0.3, -0.25) is 10.2 Å². The highest BCUT2D eigenvalue weighted by atomic mass is 32.2. The van der Waals surface area contributed by atoms with Gasteiger partial charge in [0.2, 0.25) is 5.91 Å². The van der Waals surface area contributed by atoms with Gasteiger partial charge in [-0.05, 0) is 29.9 Å². The number of thioether (sulfide) groups is 1. The minimum Gasteiger partial charge on any atom is -0.507 e. The quantitative estimate of drug-likeness (QED) is 0.742. The Labute approximate surface area is 117 Å². The second-order valence-electron chi connectivity index (χ2n) is 4.69. The Morgan fingerprint density at radius 3 is 2.89 bits per heavy atom. The first-order valence-corrected chi connectivity index (χ1v) is 7.42. The fourth-order valence-electron chi connectivity index (χ4n) is 2.04. The number of phenolic OH excluding ortho intramolecular Hbond substituents is 1. The van der Waals surface area contributed by atoms with E-state index in [1.807, 2.05) is 37.5 Å². The molecule has 0 aromatic heterocycles. The average Bonchev–Trinajstić information content (AvgIpc) is 2.38. The van der Waals surface area contributed by atoms with Crippen LogP contribution in [0, 0.1) is 5.92 Å². The monoisotopic (exact) mass is 278 g/mol. The lowest BCUT2D eigenvalue weighted by atomic mass is 9.96. The van der Waals surface area contributed by atoms with Gasteiger partial charge < -0.3 is 5.11 Å². The highest BCUT2D eigenvalue weighted by Crippen LogP contribution is 2.27. The van der Waals surface area contributed by atoms with Crippen LogP contribution >= 0.6 is 11.8 Å². The zero-order valence-electron chi connectivity index (χ0n) is 11.0. The van der Waals surface area contributed by atoms with Crippen molar-refractivity contribution in [2.45, 2.75) is 24.3 Å². The highest BCUT2D eigenvalue weighted by Gasteiger charge is 2.22. The summed E-state index contributed by atoms with van der Waals surface area (Å²) in [5, 5.41) is 9.79. The molecule has 3 N–H and O–H groups in total. The molecule has 5 heteroatoms. The van der Waals surface area contributed by atoms with Crippen LogP contribution in [0.2, 0.25) is 0 Å². The Hall–Kier alpha value is -1.46. The average molecular weight is 278 g/mol. The molecule has 1 saturated heterocycles. The van der Waals surface area contributed by atoms with E-state index < -0.39 is 0 Å². The predicted molar refractivity (Wildman–Crippen MR) is 77.8 cm³/mol. The van der Waals surface area contributed by atoms with E-state index in [0.29, 0.717) is 12.2 Å². The van der Waals surface area contributed by atoms with Gasteiger partial charge in [0, 0.05) is 17.4 Å². The summed E-state index contributed by atoms with van der Waals surface area (Å²) in [6, 6.07) is 5.72. The van der Waals surface area contributed by atoms with Crippen molar-refractivity contribution < 1.29 is 9.90 Å². The van der Waals surface area contributed by atoms with Crippen molar-refractivity contribution in [2.24, 2.45) is 5.92 Å². The van der Waals surface area contributed by atoms with Crippen LogP contribution < -0.4 is 10.9 Å². The van der Waals surface area contributed by atoms with Crippen LogP contribution in [0.25, 0.3) is 6.08 Å². The lowest BCUT2D eigenvalue weighted by molar-refractivity contribution is -0.125. The van der Waals surface area contributed by atoms with Crippen molar-refractivity contribution in [3.8, 4) is 5.75 Å². The van der Waals surface area contributed by atoms with E-state index >= 15 is 0 Å². The number of rotatable bonds is 3. The normalized spacial score (nSPS) is 23.6. The molecule has 2 rings (SSSR count). The minimum absolute atomic E-state index is 0.0270. The number of amides is 1. The molecule has 0 radical (unpaired) electrons. The third-order valence-corrected chi connectivity index (χ3v) is 3.98. The van der Waals surface area contributed by atoms with Crippen LogP contribution in [0.1, 0.15) is 18.9 Å². The molecule has 1 aromatic carbocycles. The van der Waals surface area contributed by atoms with Crippen molar-refractivity contribution in [3.05, 3.63) is 29.8 Å². The van der Waals surface area contributed by atoms with Gasteiger partial charge in [-0.1, -0.05) is 25.1 Å². The highest BCUT2D eigenvalue weighted by molar-refractivity contribution is 7.98. The summed E-state index contributed by atoms with van der Waals surface area (Å²) < 4.78 is 0. The summed E-state index contributed by atoms with van der Waals surface area (Å²) in [6.45, 7) is 2.04. The topological polar surface area (TPSA) is 61.4 Å². The van der Waals surface area contributed by atoms with Crippen LogP contribution in [0.5, 0.6) is 5.75 Å². The van der Waals surface area contributed by atoms with E-state index in [-0.39, 0.29) is 17.9 Å². The smallest absolute Gasteiger partial charge is 0.234 e. The van der Waals surface area contributed by atoms with Crippen LogP contribution in [-0.2, 0) is 4.79 Å². The maximum atomic E-state index is 11.2. The van der Waals surface area contributed by atoms with Gasteiger partial charge >= 0.3 is 0 Å². The van der Waals surface area contributed by atoms with Crippen LogP contribution in [0.15, 0.2) is 29.2 Å². The number of benzene rings is 1. The third kappa shape index (κ3) is 3.52.